The Balaban J connectivity index is 1.91. The second-order valence-corrected chi connectivity index (χ2v) is 4.68. The maximum atomic E-state index is 5.52. The van der Waals surface area contributed by atoms with Gasteiger partial charge in [0.1, 0.15) is 11.6 Å². The van der Waals surface area contributed by atoms with Crippen molar-refractivity contribution >= 4 is 11.6 Å². The second kappa shape index (κ2) is 5.14. The molecule has 1 heterocycles. The van der Waals surface area contributed by atoms with Gasteiger partial charge in [0.05, 0.1) is 12.4 Å². The smallest absolute Gasteiger partial charge is 0.146 e. The van der Waals surface area contributed by atoms with Crippen molar-refractivity contribution in [3.8, 4) is 0 Å². The van der Waals surface area contributed by atoms with Crippen LogP contribution in [0.5, 0.6) is 0 Å². The van der Waals surface area contributed by atoms with E-state index < -0.39 is 0 Å². The second-order valence-electron chi connectivity index (χ2n) is 4.68. The Morgan fingerprint density at radius 3 is 2.62 bits per heavy atom. The van der Waals surface area contributed by atoms with Crippen LogP contribution < -0.4 is 10.6 Å². The minimum absolute atomic E-state index is 0.481. The number of rotatable bonds is 3. The van der Waals surface area contributed by atoms with E-state index in [0.717, 1.165) is 18.3 Å². The van der Waals surface area contributed by atoms with Crippen LogP contribution >= 0.6 is 0 Å². The third kappa shape index (κ3) is 2.84. The van der Waals surface area contributed by atoms with Gasteiger partial charge in [-0.2, -0.15) is 0 Å². The summed E-state index contributed by atoms with van der Waals surface area (Å²) in [6, 6.07) is 0. The molecular formula is C12H20N4. The molecule has 0 saturated heterocycles. The first-order valence-electron chi connectivity index (χ1n) is 6.04. The van der Waals surface area contributed by atoms with Crippen LogP contribution in [0.1, 0.15) is 32.1 Å². The average molecular weight is 220 g/mol. The fourth-order valence-corrected chi connectivity index (χ4v) is 2.38. The molecule has 0 atom stereocenters. The lowest BCUT2D eigenvalue weighted by atomic mass is 9.89. The summed E-state index contributed by atoms with van der Waals surface area (Å²) in [5.74, 6) is 2.22. The Hall–Kier alpha value is -1.32. The zero-order valence-corrected chi connectivity index (χ0v) is 9.89. The van der Waals surface area contributed by atoms with Gasteiger partial charge in [0.2, 0.25) is 0 Å². The van der Waals surface area contributed by atoms with Gasteiger partial charge in [-0.05, 0) is 18.8 Å². The molecule has 1 aliphatic carbocycles. The molecule has 2 N–H and O–H groups in total. The van der Waals surface area contributed by atoms with Crippen molar-refractivity contribution < 1.29 is 0 Å². The molecular weight excluding hydrogens is 200 g/mol. The summed E-state index contributed by atoms with van der Waals surface area (Å²) < 4.78 is 0. The van der Waals surface area contributed by atoms with E-state index in [0.29, 0.717) is 5.82 Å². The Morgan fingerprint density at radius 2 is 2.00 bits per heavy atom. The third-order valence-corrected chi connectivity index (χ3v) is 3.31. The van der Waals surface area contributed by atoms with E-state index in [1.54, 1.807) is 12.4 Å². The number of anilines is 2. The molecule has 4 nitrogen and oxygen atoms in total. The minimum Gasteiger partial charge on any atom is -0.382 e. The highest BCUT2D eigenvalue weighted by Gasteiger charge is 2.16. The van der Waals surface area contributed by atoms with Crippen LogP contribution in [0, 0.1) is 5.92 Å². The van der Waals surface area contributed by atoms with Crippen LogP contribution in [0.2, 0.25) is 0 Å². The average Bonchev–Trinajstić information content (AvgIpc) is 2.31. The molecule has 2 rings (SSSR count). The molecule has 0 aliphatic heterocycles. The fourth-order valence-electron chi connectivity index (χ4n) is 2.38. The van der Waals surface area contributed by atoms with Crippen molar-refractivity contribution in [3.63, 3.8) is 0 Å². The molecule has 16 heavy (non-hydrogen) atoms. The molecule has 0 amide bonds. The molecule has 88 valence electrons. The molecule has 0 radical (unpaired) electrons. The molecule has 1 fully saturated rings. The van der Waals surface area contributed by atoms with Gasteiger partial charge in [0.25, 0.3) is 0 Å². The first-order valence-corrected chi connectivity index (χ1v) is 6.04. The summed E-state index contributed by atoms with van der Waals surface area (Å²) in [6.07, 6.45) is 10.2. The van der Waals surface area contributed by atoms with Crippen molar-refractivity contribution in [1.29, 1.82) is 0 Å². The van der Waals surface area contributed by atoms with Crippen molar-refractivity contribution in [2.24, 2.45) is 5.92 Å². The van der Waals surface area contributed by atoms with Gasteiger partial charge in [0.15, 0.2) is 0 Å². The minimum atomic E-state index is 0.481. The van der Waals surface area contributed by atoms with Crippen LogP contribution in [0.4, 0.5) is 11.6 Å². The van der Waals surface area contributed by atoms with Crippen molar-refractivity contribution in [3.05, 3.63) is 12.4 Å². The highest BCUT2D eigenvalue weighted by molar-refractivity contribution is 5.38. The maximum absolute atomic E-state index is 5.52. The van der Waals surface area contributed by atoms with Crippen LogP contribution in [-0.4, -0.2) is 23.6 Å². The van der Waals surface area contributed by atoms with E-state index in [1.165, 1.54) is 32.1 Å². The standard InChI is InChI=1S/C12H20N4/c1-16(9-10-5-3-2-4-6-10)12-8-14-11(13)7-15-12/h7-8,10H,2-6,9H2,1H3,(H2,13,14). The summed E-state index contributed by atoms with van der Waals surface area (Å²) >= 11 is 0. The Morgan fingerprint density at radius 1 is 1.25 bits per heavy atom. The Labute approximate surface area is 96.9 Å². The quantitative estimate of drug-likeness (QED) is 0.847. The van der Waals surface area contributed by atoms with E-state index in [4.69, 9.17) is 5.73 Å². The Kier molecular flexibility index (Phi) is 3.59. The van der Waals surface area contributed by atoms with E-state index in [2.05, 4.69) is 21.9 Å². The Bertz CT molecular complexity index is 316. The van der Waals surface area contributed by atoms with Gasteiger partial charge in [-0.15, -0.1) is 0 Å². The van der Waals surface area contributed by atoms with E-state index >= 15 is 0 Å². The molecule has 0 unspecified atom stereocenters. The summed E-state index contributed by atoms with van der Waals surface area (Å²) in [5, 5.41) is 0. The molecule has 1 aromatic heterocycles. The van der Waals surface area contributed by atoms with Crippen molar-refractivity contribution in [1.82, 2.24) is 9.97 Å². The summed E-state index contributed by atoms with van der Waals surface area (Å²) in [5.41, 5.74) is 5.52. The zero-order valence-electron chi connectivity index (χ0n) is 9.89. The fraction of sp³-hybridized carbons (Fsp3) is 0.667. The maximum Gasteiger partial charge on any atom is 0.146 e. The van der Waals surface area contributed by atoms with Crippen LogP contribution in [0.25, 0.3) is 0 Å². The van der Waals surface area contributed by atoms with Crippen LogP contribution in [0.15, 0.2) is 12.4 Å². The normalized spacial score (nSPS) is 17.3. The summed E-state index contributed by atoms with van der Waals surface area (Å²) in [6.45, 7) is 1.08. The van der Waals surface area contributed by atoms with E-state index in [1.807, 2.05) is 0 Å². The topological polar surface area (TPSA) is 55.0 Å². The number of nitrogens with two attached hydrogens (primary N) is 1. The van der Waals surface area contributed by atoms with Gasteiger partial charge >= 0.3 is 0 Å². The highest BCUT2D eigenvalue weighted by atomic mass is 15.2. The molecule has 0 spiro atoms. The lowest BCUT2D eigenvalue weighted by Crippen LogP contribution is -2.27. The lowest BCUT2D eigenvalue weighted by molar-refractivity contribution is 0.361. The summed E-state index contributed by atoms with van der Waals surface area (Å²) in [7, 11) is 2.08. The van der Waals surface area contributed by atoms with E-state index in [-0.39, 0.29) is 0 Å². The summed E-state index contributed by atoms with van der Waals surface area (Å²) in [4.78, 5) is 10.5. The molecule has 0 bridgehead atoms. The first-order chi connectivity index (χ1) is 7.75. The van der Waals surface area contributed by atoms with Gasteiger partial charge in [-0.3, -0.25) is 0 Å². The number of hydrogen-bond acceptors (Lipinski definition) is 4. The molecule has 0 aromatic carbocycles. The van der Waals surface area contributed by atoms with Crippen molar-refractivity contribution in [2.75, 3.05) is 24.2 Å². The monoisotopic (exact) mass is 220 g/mol. The van der Waals surface area contributed by atoms with Crippen LogP contribution in [0.3, 0.4) is 0 Å². The number of aromatic nitrogens is 2. The van der Waals surface area contributed by atoms with Gasteiger partial charge in [-0.25, -0.2) is 9.97 Å². The zero-order chi connectivity index (χ0) is 11.4. The third-order valence-electron chi connectivity index (χ3n) is 3.31. The molecule has 1 aliphatic rings. The predicted molar refractivity (Wildman–Crippen MR) is 66.3 cm³/mol. The highest BCUT2D eigenvalue weighted by Crippen LogP contribution is 2.25. The van der Waals surface area contributed by atoms with Crippen molar-refractivity contribution in [2.45, 2.75) is 32.1 Å². The molecule has 1 saturated carbocycles. The van der Waals surface area contributed by atoms with Crippen LogP contribution in [-0.2, 0) is 0 Å². The molecule has 1 aromatic rings. The SMILES string of the molecule is CN(CC1CCCCC1)c1cnc(N)cn1. The molecule has 4 heteroatoms. The van der Waals surface area contributed by atoms with Gasteiger partial charge < -0.3 is 10.6 Å². The number of nitrogens with zero attached hydrogens (tertiary/aromatic N) is 3. The largest absolute Gasteiger partial charge is 0.382 e. The van der Waals surface area contributed by atoms with E-state index in [9.17, 15) is 0 Å². The van der Waals surface area contributed by atoms with Gasteiger partial charge in [-0.1, -0.05) is 19.3 Å². The first kappa shape index (κ1) is 11.2. The predicted octanol–water partition coefficient (Wildman–Crippen LogP) is 2.08. The lowest BCUT2D eigenvalue weighted by Gasteiger charge is -2.27. The number of hydrogen-bond donors (Lipinski definition) is 1. The number of nitrogen functional groups attached to an aromatic ring is 1. The van der Waals surface area contributed by atoms with Gasteiger partial charge in [0, 0.05) is 13.6 Å².